The van der Waals surface area contributed by atoms with E-state index >= 15 is 0 Å². The quantitative estimate of drug-likeness (QED) is 0.710. The number of carbonyl (C=O) groups is 4. The van der Waals surface area contributed by atoms with E-state index in [0.29, 0.717) is 35.5 Å². The molecule has 2 aromatic rings. The fraction of sp³-hybridized carbons (Fsp3) is 0.300. The van der Waals surface area contributed by atoms with Gasteiger partial charge in [0.2, 0.25) is 5.91 Å². The number of morpholine rings is 1. The molecule has 8 nitrogen and oxygen atoms in total. The van der Waals surface area contributed by atoms with Gasteiger partial charge in [0.1, 0.15) is 0 Å². The van der Waals surface area contributed by atoms with Gasteiger partial charge in [-0.25, -0.2) is 0 Å². The Morgan fingerprint density at radius 1 is 1.10 bits per heavy atom. The van der Waals surface area contributed by atoms with Gasteiger partial charge in [-0.2, -0.15) is 0 Å². The van der Waals surface area contributed by atoms with Gasteiger partial charge < -0.3 is 15.0 Å². The number of hydrogen-bond acceptors (Lipinski definition) is 6. The lowest BCUT2D eigenvalue weighted by Gasteiger charge is -2.27. The second-order valence-corrected chi connectivity index (χ2v) is 8.51. The van der Waals surface area contributed by atoms with E-state index in [2.05, 4.69) is 5.32 Å². The number of ether oxygens (including phenoxy) is 1. The van der Waals surface area contributed by atoms with Crippen molar-refractivity contribution < 1.29 is 23.9 Å². The van der Waals surface area contributed by atoms with E-state index in [1.807, 2.05) is 0 Å². The maximum absolute atomic E-state index is 12.9. The monoisotopic (exact) mass is 447 g/mol. The topological polar surface area (TPSA) is 96.0 Å². The first-order valence-corrected chi connectivity index (χ1v) is 10.6. The number of carbonyl (C=O) groups excluding carboxylic acids is 4. The van der Waals surface area contributed by atoms with Crippen molar-refractivity contribution in [1.29, 1.82) is 0 Å². The predicted octanol–water partition coefficient (Wildman–Crippen LogP) is 2.50. The molecular formula is C20H18ClN3O5S. The fourth-order valence-electron chi connectivity index (χ4n) is 3.44. The van der Waals surface area contributed by atoms with Gasteiger partial charge in [0, 0.05) is 26.1 Å². The lowest BCUT2D eigenvalue weighted by Crippen LogP contribution is -2.42. The highest BCUT2D eigenvalue weighted by molar-refractivity contribution is 7.18. The zero-order valence-corrected chi connectivity index (χ0v) is 17.4. The molecule has 0 aliphatic carbocycles. The molecule has 2 aliphatic heterocycles. The van der Waals surface area contributed by atoms with Crippen molar-refractivity contribution in [3.8, 4) is 0 Å². The van der Waals surface area contributed by atoms with Gasteiger partial charge in [0.25, 0.3) is 17.7 Å². The largest absolute Gasteiger partial charge is 0.378 e. The lowest BCUT2D eigenvalue weighted by molar-refractivity contribution is -0.135. The van der Waals surface area contributed by atoms with Gasteiger partial charge in [-0.15, -0.1) is 11.3 Å². The lowest BCUT2D eigenvalue weighted by atomic mass is 10.1. The van der Waals surface area contributed by atoms with E-state index in [1.165, 1.54) is 6.07 Å². The highest BCUT2D eigenvalue weighted by Gasteiger charge is 2.38. The van der Waals surface area contributed by atoms with Crippen LogP contribution in [-0.2, 0) is 9.53 Å². The zero-order chi connectivity index (χ0) is 21.3. The third-order valence-corrected chi connectivity index (χ3v) is 6.19. The predicted molar refractivity (Wildman–Crippen MR) is 111 cm³/mol. The number of nitrogens with zero attached hydrogens (tertiary/aromatic N) is 2. The second kappa shape index (κ2) is 8.55. The second-order valence-electron chi connectivity index (χ2n) is 6.79. The smallest absolute Gasteiger partial charge is 0.265 e. The molecule has 0 bridgehead atoms. The third-order valence-electron chi connectivity index (χ3n) is 4.96. The molecular weight excluding hydrogens is 430 g/mol. The maximum atomic E-state index is 12.9. The summed E-state index contributed by atoms with van der Waals surface area (Å²) < 4.78 is 5.70. The summed E-state index contributed by atoms with van der Waals surface area (Å²) in [5, 5.41) is 2.68. The third kappa shape index (κ3) is 3.96. The van der Waals surface area contributed by atoms with Crippen molar-refractivity contribution in [2.45, 2.75) is 6.42 Å². The van der Waals surface area contributed by atoms with Crippen LogP contribution in [0.4, 0.5) is 5.69 Å². The molecule has 1 aromatic heterocycles. The number of hydrogen-bond donors (Lipinski definition) is 1. The molecule has 0 spiro atoms. The fourth-order valence-corrected chi connectivity index (χ4v) is 4.38. The standard InChI is InChI=1S/C20H18ClN3O5S/c21-15-5-4-14(30-15)18(26)22-13-3-1-2-12-17(13)20(28)24(19(12)27)7-6-16(25)23-8-10-29-11-9-23/h1-5H,6-11H2,(H,22,26). The summed E-state index contributed by atoms with van der Waals surface area (Å²) in [4.78, 5) is 53.6. The summed E-state index contributed by atoms with van der Waals surface area (Å²) in [5.74, 6) is -1.54. The Kier molecular flexibility index (Phi) is 5.85. The molecule has 0 radical (unpaired) electrons. The molecule has 1 N–H and O–H groups in total. The molecule has 4 amide bonds. The minimum absolute atomic E-state index is 0.0174. The highest BCUT2D eigenvalue weighted by atomic mass is 35.5. The number of nitrogens with one attached hydrogen (secondary N) is 1. The Bertz CT molecular complexity index is 1030. The van der Waals surface area contributed by atoms with Crippen LogP contribution in [-0.4, -0.2) is 66.3 Å². The summed E-state index contributed by atoms with van der Waals surface area (Å²) in [6, 6.07) is 7.90. The first-order chi connectivity index (χ1) is 14.5. The van der Waals surface area contributed by atoms with Gasteiger partial charge in [0.05, 0.1) is 39.2 Å². The van der Waals surface area contributed by atoms with Crippen LogP contribution in [0, 0.1) is 0 Å². The highest BCUT2D eigenvalue weighted by Crippen LogP contribution is 2.30. The van der Waals surface area contributed by atoms with Crippen LogP contribution >= 0.6 is 22.9 Å². The van der Waals surface area contributed by atoms with E-state index in [0.717, 1.165) is 16.2 Å². The van der Waals surface area contributed by atoms with Gasteiger partial charge in [-0.1, -0.05) is 17.7 Å². The summed E-state index contributed by atoms with van der Waals surface area (Å²) in [6.45, 7) is 1.96. The Morgan fingerprint density at radius 3 is 2.57 bits per heavy atom. The van der Waals surface area contributed by atoms with Crippen LogP contribution in [0.25, 0.3) is 0 Å². The van der Waals surface area contributed by atoms with Crippen LogP contribution in [0.5, 0.6) is 0 Å². The Morgan fingerprint density at radius 2 is 1.87 bits per heavy atom. The average Bonchev–Trinajstić information content (AvgIpc) is 3.29. The van der Waals surface area contributed by atoms with Crippen molar-refractivity contribution >= 4 is 52.3 Å². The minimum Gasteiger partial charge on any atom is -0.378 e. The van der Waals surface area contributed by atoms with Crippen molar-refractivity contribution in [3.63, 3.8) is 0 Å². The van der Waals surface area contributed by atoms with Crippen LogP contribution in [0.3, 0.4) is 0 Å². The molecule has 4 rings (SSSR count). The number of halogens is 1. The summed E-state index contributed by atoms with van der Waals surface area (Å²) >= 11 is 6.99. The first-order valence-electron chi connectivity index (χ1n) is 9.37. The number of benzene rings is 1. The molecule has 1 aromatic carbocycles. The number of imide groups is 1. The Hall–Kier alpha value is -2.75. The van der Waals surface area contributed by atoms with E-state index in [1.54, 1.807) is 29.2 Å². The molecule has 2 aliphatic rings. The van der Waals surface area contributed by atoms with E-state index in [4.69, 9.17) is 16.3 Å². The van der Waals surface area contributed by atoms with Gasteiger partial charge in [-0.3, -0.25) is 24.1 Å². The zero-order valence-electron chi connectivity index (χ0n) is 15.9. The first kappa shape index (κ1) is 20.5. The van der Waals surface area contributed by atoms with Crippen LogP contribution in [0.15, 0.2) is 30.3 Å². The Balaban J connectivity index is 1.48. The molecule has 0 unspecified atom stereocenters. The number of anilines is 1. The molecule has 1 fully saturated rings. The molecule has 1 saturated heterocycles. The van der Waals surface area contributed by atoms with Crippen molar-refractivity contribution in [2.75, 3.05) is 38.2 Å². The Labute approximate surface area is 181 Å². The molecule has 0 saturated carbocycles. The number of thiophene rings is 1. The molecule has 30 heavy (non-hydrogen) atoms. The van der Waals surface area contributed by atoms with E-state index < -0.39 is 17.7 Å². The van der Waals surface area contributed by atoms with Gasteiger partial charge in [0.15, 0.2) is 0 Å². The van der Waals surface area contributed by atoms with Gasteiger partial charge in [-0.05, 0) is 24.3 Å². The minimum atomic E-state index is -0.523. The van der Waals surface area contributed by atoms with Crippen LogP contribution < -0.4 is 5.32 Å². The van der Waals surface area contributed by atoms with Crippen molar-refractivity contribution in [1.82, 2.24) is 9.80 Å². The maximum Gasteiger partial charge on any atom is 0.265 e. The molecule has 3 heterocycles. The number of rotatable bonds is 5. The van der Waals surface area contributed by atoms with E-state index in [9.17, 15) is 19.2 Å². The number of fused-ring (bicyclic) bond motifs is 1. The summed E-state index contributed by atoms with van der Waals surface area (Å²) in [5.41, 5.74) is 0.598. The number of amides is 4. The van der Waals surface area contributed by atoms with Crippen molar-refractivity contribution in [3.05, 3.63) is 50.7 Å². The summed E-state index contributed by atoms with van der Waals surface area (Å²) in [6.07, 6.45) is 0.0425. The molecule has 10 heteroatoms. The van der Waals surface area contributed by atoms with Crippen molar-refractivity contribution in [2.24, 2.45) is 0 Å². The average molecular weight is 448 g/mol. The van der Waals surface area contributed by atoms with Gasteiger partial charge >= 0.3 is 0 Å². The molecule has 0 atom stereocenters. The van der Waals surface area contributed by atoms with E-state index in [-0.39, 0.29) is 35.7 Å². The summed E-state index contributed by atoms with van der Waals surface area (Å²) in [7, 11) is 0. The normalized spacial score (nSPS) is 16.0. The molecule has 156 valence electrons. The SMILES string of the molecule is O=C(Nc1cccc2c1C(=O)N(CCC(=O)N1CCOCC1)C2=O)c1ccc(Cl)s1. The van der Waals surface area contributed by atoms with Crippen LogP contribution in [0.2, 0.25) is 4.34 Å². The van der Waals surface area contributed by atoms with Crippen LogP contribution in [0.1, 0.15) is 36.8 Å².